The highest BCUT2D eigenvalue weighted by Gasteiger charge is 2.14. The number of pyridine rings is 1. The Kier molecular flexibility index (Phi) is 5.59. The van der Waals surface area contributed by atoms with E-state index in [2.05, 4.69) is 29.4 Å². The number of halogens is 1. The fourth-order valence-electron chi connectivity index (χ4n) is 2.17. The Labute approximate surface area is 131 Å². The van der Waals surface area contributed by atoms with Crippen LogP contribution in [0.25, 0.3) is 0 Å². The van der Waals surface area contributed by atoms with Crippen LogP contribution in [0.5, 0.6) is 5.75 Å². The Morgan fingerprint density at radius 2 is 1.86 bits per heavy atom. The maximum Gasteiger partial charge on any atom is 0.119 e. The summed E-state index contributed by atoms with van der Waals surface area (Å²) in [4.78, 5) is 4.42. The fourth-order valence-corrected chi connectivity index (χ4v) is 2.28. The largest absolute Gasteiger partial charge is 0.491 e. The van der Waals surface area contributed by atoms with Crippen LogP contribution in [0.2, 0.25) is 5.02 Å². The van der Waals surface area contributed by atoms with Crippen molar-refractivity contribution in [1.82, 2.24) is 10.3 Å². The molecule has 1 atom stereocenters. The number of rotatable bonds is 6. The lowest BCUT2D eigenvalue weighted by molar-refractivity contribution is 0.242. The molecule has 1 unspecified atom stereocenters. The van der Waals surface area contributed by atoms with Gasteiger partial charge in [0.1, 0.15) is 5.75 Å². The summed E-state index contributed by atoms with van der Waals surface area (Å²) in [5.74, 6) is 0.882. The number of nitrogens with one attached hydrogen (secondary N) is 1. The smallest absolute Gasteiger partial charge is 0.119 e. The summed E-state index contributed by atoms with van der Waals surface area (Å²) in [6, 6.07) is 12.0. The molecular weight excluding hydrogens is 284 g/mol. The second-order valence-electron chi connectivity index (χ2n) is 5.13. The molecule has 0 amide bonds. The number of ether oxygens (including phenoxy) is 1. The molecule has 0 radical (unpaired) electrons. The number of hydrogen-bond acceptors (Lipinski definition) is 3. The van der Waals surface area contributed by atoms with Crippen molar-refractivity contribution in [3.05, 3.63) is 58.9 Å². The van der Waals surface area contributed by atoms with Gasteiger partial charge in [-0.2, -0.15) is 0 Å². The van der Waals surface area contributed by atoms with Crippen LogP contribution < -0.4 is 10.1 Å². The lowest BCUT2D eigenvalue weighted by atomic mass is 10.0. The summed E-state index contributed by atoms with van der Waals surface area (Å²) in [7, 11) is 0. The Bertz CT molecular complexity index is 552. The first-order chi connectivity index (χ1) is 10.1. The minimum atomic E-state index is 0.0559. The maximum atomic E-state index is 5.91. The minimum absolute atomic E-state index is 0.0559. The number of benzene rings is 1. The molecular formula is C17H21ClN2O. The van der Waals surface area contributed by atoms with Crippen molar-refractivity contribution in [2.24, 2.45) is 0 Å². The zero-order chi connectivity index (χ0) is 15.2. The SMILES string of the molecule is CCNC(c1ccc(OC(C)C)cc1)c1ccc(Cl)cn1. The Balaban J connectivity index is 2.23. The van der Waals surface area contributed by atoms with Gasteiger partial charge in [0.15, 0.2) is 0 Å². The molecule has 0 fully saturated rings. The Hall–Kier alpha value is -1.58. The van der Waals surface area contributed by atoms with E-state index in [0.717, 1.165) is 23.6 Å². The van der Waals surface area contributed by atoms with Crippen molar-refractivity contribution in [2.75, 3.05) is 6.54 Å². The van der Waals surface area contributed by atoms with Crippen LogP contribution in [0.1, 0.15) is 38.1 Å². The molecule has 21 heavy (non-hydrogen) atoms. The molecule has 2 aromatic rings. The fraction of sp³-hybridized carbons (Fsp3) is 0.353. The Morgan fingerprint density at radius 1 is 1.14 bits per heavy atom. The van der Waals surface area contributed by atoms with Gasteiger partial charge in [-0.15, -0.1) is 0 Å². The van der Waals surface area contributed by atoms with E-state index in [0.29, 0.717) is 5.02 Å². The predicted octanol–water partition coefficient (Wildman–Crippen LogP) is 4.22. The summed E-state index contributed by atoms with van der Waals surface area (Å²) in [6.07, 6.45) is 1.86. The van der Waals surface area contributed by atoms with Crippen LogP contribution in [0.3, 0.4) is 0 Å². The highest BCUT2D eigenvalue weighted by atomic mass is 35.5. The van der Waals surface area contributed by atoms with E-state index in [1.54, 1.807) is 6.20 Å². The number of hydrogen-bond donors (Lipinski definition) is 1. The molecule has 112 valence electrons. The number of nitrogens with zero attached hydrogens (tertiary/aromatic N) is 1. The normalized spacial score (nSPS) is 12.4. The summed E-state index contributed by atoms with van der Waals surface area (Å²) >= 11 is 5.91. The van der Waals surface area contributed by atoms with Crippen molar-refractivity contribution in [3.63, 3.8) is 0 Å². The highest BCUT2D eigenvalue weighted by Crippen LogP contribution is 2.24. The zero-order valence-corrected chi connectivity index (χ0v) is 13.4. The van der Waals surface area contributed by atoms with Gasteiger partial charge in [-0.25, -0.2) is 0 Å². The molecule has 1 aromatic carbocycles. The van der Waals surface area contributed by atoms with Gasteiger partial charge in [0.2, 0.25) is 0 Å². The van der Waals surface area contributed by atoms with Crippen LogP contribution in [0, 0.1) is 0 Å². The second-order valence-corrected chi connectivity index (χ2v) is 5.56. The topological polar surface area (TPSA) is 34.1 Å². The lowest BCUT2D eigenvalue weighted by Crippen LogP contribution is -2.22. The average molecular weight is 305 g/mol. The molecule has 1 N–H and O–H groups in total. The molecule has 2 rings (SSSR count). The monoisotopic (exact) mass is 304 g/mol. The summed E-state index contributed by atoms with van der Waals surface area (Å²) in [6.45, 7) is 6.98. The van der Waals surface area contributed by atoms with Crippen LogP contribution in [-0.4, -0.2) is 17.6 Å². The zero-order valence-electron chi connectivity index (χ0n) is 12.6. The quantitative estimate of drug-likeness (QED) is 0.867. The van der Waals surface area contributed by atoms with Crippen molar-refractivity contribution < 1.29 is 4.74 Å². The van der Waals surface area contributed by atoms with Crippen LogP contribution in [-0.2, 0) is 0 Å². The van der Waals surface area contributed by atoms with E-state index in [-0.39, 0.29) is 12.1 Å². The molecule has 3 nitrogen and oxygen atoms in total. The molecule has 1 aromatic heterocycles. The number of aromatic nitrogens is 1. The molecule has 0 spiro atoms. The molecule has 0 saturated heterocycles. The van der Waals surface area contributed by atoms with Crippen LogP contribution in [0.15, 0.2) is 42.6 Å². The van der Waals surface area contributed by atoms with Crippen LogP contribution >= 0.6 is 11.6 Å². The van der Waals surface area contributed by atoms with Crippen molar-refractivity contribution in [1.29, 1.82) is 0 Å². The third-order valence-corrected chi connectivity index (χ3v) is 3.26. The summed E-state index contributed by atoms with van der Waals surface area (Å²) < 4.78 is 5.68. The molecule has 0 bridgehead atoms. The van der Waals surface area contributed by atoms with Gasteiger partial charge in [0, 0.05) is 6.20 Å². The van der Waals surface area contributed by atoms with Gasteiger partial charge in [-0.05, 0) is 50.2 Å². The standard InChI is InChI=1S/C17H21ClN2O/c1-4-19-17(16-10-7-14(18)11-20-16)13-5-8-15(9-6-13)21-12(2)3/h5-12,17,19H,4H2,1-3H3. The van der Waals surface area contributed by atoms with E-state index < -0.39 is 0 Å². The van der Waals surface area contributed by atoms with E-state index >= 15 is 0 Å². The van der Waals surface area contributed by atoms with Gasteiger partial charge in [0.05, 0.1) is 22.9 Å². The second kappa shape index (κ2) is 7.43. The van der Waals surface area contributed by atoms with E-state index in [4.69, 9.17) is 16.3 Å². The third-order valence-electron chi connectivity index (χ3n) is 3.04. The van der Waals surface area contributed by atoms with E-state index in [1.807, 2.05) is 38.1 Å². The van der Waals surface area contributed by atoms with Crippen LogP contribution in [0.4, 0.5) is 0 Å². The van der Waals surface area contributed by atoms with Gasteiger partial charge in [0.25, 0.3) is 0 Å². The molecule has 0 saturated carbocycles. The van der Waals surface area contributed by atoms with Gasteiger partial charge in [-0.3, -0.25) is 4.98 Å². The first-order valence-corrected chi connectivity index (χ1v) is 7.59. The minimum Gasteiger partial charge on any atom is -0.491 e. The summed E-state index contributed by atoms with van der Waals surface area (Å²) in [5.41, 5.74) is 2.11. The highest BCUT2D eigenvalue weighted by molar-refractivity contribution is 6.30. The maximum absolute atomic E-state index is 5.91. The molecule has 0 aliphatic rings. The predicted molar refractivity (Wildman–Crippen MR) is 87.0 cm³/mol. The Morgan fingerprint density at radius 3 is 2.38 bits per heavy atom. The van der Waals surface area contributed by atoms with Crippen molar-refractivity contribution in [3.8, 4) is 5.75 Å². The van der Waals surface area contributed by atoms with Gasteiger partial charge >= 0.3 is 0 Å². The molecule has 0 aliphatic heterocycles. The molecule has 0 aliphatic carbocycles. The molecule has 1 heterocycles. The third kappa shape index (κ3) is 4.45. The van der Waals surface area contributed by atoms with Gasteiger partial charge in [-0.1, -0.05) is 30.7 Å². The van der Waals surface area contributed by atoms with Gasteiger partial charge < -0.3 is 10.1 Å². The van der Waals surface area contributed by atoms with Crippen molar-refractivity contribution >= 4 is 11.6 Å². The first-order valence-electron chi connectivity index (χ1n) is 7.21. The average Bonchev–Trinajstić information content (AvgIpc) is 2.46. The first kappa shape index (κ1) is 15.8. The van der Waals surface area contributed by atoms with E-state index in [1.165, 1.54) is 0 Å². The summed E-state index contributed by atoms with van der Waals surface area (Å²) in [5, 5.41) is 4.10. The van der Waals surface area contributed by atoms with E-state index in [9.17, 15) is 0 Å². The lowest BCUT2D eigenvalue weighted by Gasteiger charge is -2.18. The van der Waals surface area contributed by atoms with Crippen molar-refractivity contribution in [2.45, 2.75) is 32.9 Å². The molecule has 4 heteroatoms.